The molecule has 3 heterocycles. The number of rotatable bonds is 8. The molecule has 1 fully saturated rings. The van der Waals surface area contributed by atoms with E-state index in [1.165, 1.54) is 0 Å². The van der Waals surface area contributed by atoms with Gasteiger partial charge in [0.25, 0.3) is 5.91 Å². The fraction of sp³-hybridized carbons (Fsp3) is 0.333. The summed E-state index contributed by atoms with van der Waals surface area (Å²) in [6.45, 7) is 7.38. The fourth-order valence-electron chi connectivity index (χ4n) is 4.01. The van der Waals surface area contributed by atoms with Crippen molar-refractivity contribution in [2.24, 2.45) is 0 Å². The molecule has 0 atom stereocenters. The SMILES string of the molecule is Cc1nc(Nc2cc(C(=O)Nc3c(C)cccc3Cl)c[nH]2)cc(N2CCN(CCC(=O)NO)CC2)n1. The number of nitrogens with zero attached hydrogens (tertiary/aromatic N) is 4. The number of nitrogens with one attached hydrogen (secondary N) is 4. The van der Waals surface area contributed by atoms with Crippen molar-refractivity contribution in [1.82, 2.24) is 25.3 Å². The smallest absolute Gasteiger partial charge is 0.257 e. The average molecular weight is 513 g/mol. The summed E-state index contributed by atoms with van der Waals surface area (Å²) in [6, 6.07) is 9.03. The van der Waals surface area contributed by atoms with Crippen LogP contribution in [-0.2, 0) is 4.79 Å². The highest BCUT2D eigenvalue weighted by Crippen LogP contribution is 2.26. The van der Waals surface area contributed by atoms with E-state index < -0.39 is 0 Å². The second kappa shape index (κ2) is 11.4. The zero-order valence-corrected chi connectivity index (χ0v) is 20.9. The Morgan fingerprint density at radius 1 is 1.14 bits per heavy atom. The molecular weight excluding hydrogens is 484 g/mol. The van der Waals surface area contributed by atoms with E-state index in [9.17, 15) is 9.59 Å². The van der Waals surface area contributed by atoms with E-state index in [0.717, 1.165) is 37.6 Å². The highest BCUT2D eigenvalue weighted by atomic mass is 35.5. The van der Waals surface area contributed by atoms with E-state index in [0.29, 0.717) is 40.3 Å². The van der Waals surface area contributed by atoms with Crippen LogP contribution in [0.5, 0.6) is 0 Å². The lowest BCUT2D eigenvalue weighted by Crippen LogP contribution is -2.47. The number of hydrogen-bond acceptors (Lipinski definition) is 8. The number of halogens is 1. The first-order valence-corrected chi connectivity index (χ1v) is 12.0. The van der Waals surface area contributed by atoms with Gasteiger partial charge in [-0.3, -0.25) is 19.7 Å². The first-order chi connectivity index (χ1) is 17.3. The lowest BCUT2D eigenvalue weighted by atomic mass is 10.2. The molecule has 4 rings (SSSR count). The Morgan fingerprint density at radius 3 is 2.64 bits per heavy atom. The second-order valence-corrected chi connectivity index (χ2v) is 8.99. The fourth-order valence-corrected chi connectivity index (χ4v) is 4.27. The summed E-state index contributed by atoms with van der Waals surface area (Å²) in [6.07, 6.45) is 1.88. The van der Waals surface area contributed by atoms with Gasteiger partial charge in [0, 0.05) is 51.4 Å². The molecule has 2 aromatic heterocycles. The van der Waals surface area contributed by atoms with Crippen molar-refractivity contribution in [2.45, 2.75) is 20.3 Å². The van der Waals surface area contributed by atoms with Crippen LogP contribution in [0.1, 0.15) is 28.2 Å². The highest BCUT2D eigenvalue weighted by Gasteiger charge is 2.20. The van der Waals surface area contributed by atoms with E-state index in [1.807, 2.05) is 32.0 Å². The Balaban J connectivity index is 1.38. The molecule has 0 aliphatic carbocycles. The van der Waals surface area contributed by atoms with Crippen LogP contribution in [0.3, 0.4) is 0 Å². The molecule has 0 saturated carbocycles. The van der Waals surface area contributed by atoms with E-state index in [4.69, 9.17) is 16.8 Å². The maximum absolute atomic E-state index is 12.7. The van der Waals surface area contributed by atoms with Crippen molar-refractivity contribution in [2.75, 3.05) is 48.3 Å². The molecule has 36 heavy (non-hydrogen) atoms. The molecule has 1 aliphatic heterocycles. The molecule has 0 unspecified atom stereocenters. The van der Waals surface area contributed by atoms with E-state index in [-0.39, 0.29) is 18.2 Å². The molecule has 0 bridgehead atoms. The number of aromatic nitrogens is 3. The van der Waals surface area contributed by atoms with Crippen molar-refractivity contribution in [3.05, 3.63) is 58.5 Å². The number of H-pyrrole nitrogens is 1. The van der Waals surface area contributed by atoms with Gasteiger partial charge in [-0.2, -0.15) is 0 Å². The number of piperazine rings is 1. The molecule has 0 radical (unpaired) electrons. The zero-order chi connectivity index (χ0) is 25.7. The van der Waals surface area contributed by atoms with Gasteiger partial charge in [-0.25, -0.2) is 15.4 Å². The third-order valence-corrected chi connectivity index (χ3v) is 6.28. The Kier molecular flexibility index (Phi) is 8.04. The number of hydrogen-bond donors (Lipinski definition) is 5. The van der Waals surface area contributed by atoms with Crippen molar-refractivity contribution >= 4 is 46.6 Å². The minimum absolute atomic E-state index is 0.255. The summed E-state index contributed by atoms with van der Waals surface area (Å²) < 4.78 is 0. The van der Waals surface area contributed by atoms with Crippen LogP contribution in [0.25, 0.3) is 0 Å². The molecule has 1 aromatic carbocycles. The number of para-hydroxylation sites is 1. The quantitative estimate of drug-likeness (QED) is 0.229. The molecule has 3 aromatic rings. The summed E-state index contributed by atoms with van der Waals surface area (Å²) in [5.41, 5.74) is 3.59. The number of aryl methyl sites for hydroxylation is 2. The average Bonchev–Trinajstić information content (AvgIpc) is 3.33. The summed E-state index contributed by atoms with van der Waals surface area (Å²) in [7, 11) is 0. The third kappa shape index (κ3) is 6.30. The van der Waals surface area contributed by atoms with Gasteiger partial charge in [0.1, 0.15) is 23.3 Å². The topological polar surface area (TPSA) is 139 Å². The van der Waals surface area contributed by atoms with Gasteiger partial charge in [0.2, 0.25) is 5.91 Å². The van der Waals surface area contributed by atoms with Crippen molar-refractivity contribution in [3.63, 3.8) is 0 Å². The number of aromatic amines is 1. The Morgan fingerprint density at radius 2 is 1.92 bits per heavy atom. The van der Waals surface area contributed by atoms with Crippen LogP contribution in [0.15, 0.2) is 36.5 Å². The third-order valence-electron chi connectivity index (χ3n) is 5.97. The summed E-state index contributed by atoms with van der Waals surface area (Å²) >= 11 is 6.23. The highest BCUT2D eigenvalue weighted by molar-refractivity contribution is 6.34. The largest absolute Gasteiger partial charge is 0.354 e. The number of amides is 2. The summed E-state index contributed by atoms with van der Waals surface area (Å²) in [4.78, 5) is 40.5. The Labute approximate surface area is 213 Å². The van der Waals surface area contributed by atoms with Crippen LogP contribution in [0.2, 0.25) is 5.02 Å². The number of anilines is 4. The standard InChI is InChI=1S/C24H29ClN8O3/c1-15-4-3-5-18(25)23(15)30-24(35)17-12-19(26-14-17)29-20-13-21(28-16(2)27-20)33-10-8-32(9-11-33)7-6-22(34)31-36/h3-5,12-14,26,36H,6-11H2,1-2H3,(H,30,35)(H,31,34)(H,27,28,29). The molecule has 2 amide bonds. The van der Waals surface area contributed by atoms with Crippen LogP contribution < -0.4 is 21.0 Å². The van der Waals surface area contributed by atoms with Gasteiger partial charge in [-0.15, -0.1) is 0 Å². The lowest BCUT2D eigenvalue weighted by Gasteiger charge is -2.35. The predicted octanol–water partition coefficient (Wildman–Crippen LogP) is 3.09. The van der Waals surface area contributed by atoms with Crippen LogP contribution in [0, 0.1) is 13.8 Å². The van der Waals surface area contributed by atoms with Gasteiger partial charge < -0.3 is 20.5 Å². The van der Waals surface area contributed by atoms with Gasteiger partial charge in [-0.05, 0) is 31.5 Å². The maximum atomic E-state index is 12.7. The number of hydroxylamine groups is 1. The molecular formula is C24H29ClN8O3. The summed E-state index contributed by atoms with van der Waals surface area (Å²) in [5, 5.41) is 15.2. The molecule has 11 nitrogen and oxygen atoms in total. The molecule has 1 saturated heterocycles. The second-order valence-electron chi connectivity index (χ2n) is 8.59. The number of carbonyl (C=O) groups excluding carboxylic acids is 2. The predicted molar refractivity (Wildman–Crippen MR) is 138 cm³/mol. The normalized spacial score (nSPS) is 13.9. The van der Waals surface area contributed by atoms with Crippen molar-refractivity contribution < 1.29 is 14.8 Å². The molecule has 190 valence electrons. The van der Waals surface area contributed by atoms with E-state index in [2.05, 4.69) is 35.4 Å². The maximum Gasteiger partial charge on any atom is 0.257 e. The van der Waals surface area contributed by atoms with Gasteiger partial charge in [0.15, 0.2) is 0 Å². The first kappa shape index (κ1) is 25.4. The lowest BCUT2D eigenvalue weighted by molar-refractivity contribution is -0.129. The molecule has 12 heteroatoms. The minimum Gasteiger partial charge on any atom is -0.354 e. The zero-order valence-electron chi connectivity index (χ0n) is 20.1. The monoisotopic (exact) mass is 512 g/mol. The van der Waals surface area contributed by atoms with Crippen molar-refractivity contribution in [1.29, 1.82) is 0 Å². The van der Waals surface area contributed by atoms with Crippen LogP contribution in [-0.4, -0.2) is 69.6 Å². The number of carbonyl (C=O) groups is 2. The first-order valence-electron chi connectivity index (χ1n) is 11.6. The van der Waals surface area contributed by atoms with Gasteiger partial charge >= 0.3 is 0 Å². The molecule has 5 N–H and O–H groups in total. The van der Waals surface area contributed by atoms with Crippen LogP contribution in [0.4, 0.5) is 23.1 Å². The molecule has 0 spiro atoms. The van der Waals surface area contributed by atoms with Gasteiger partial charge in [0.05, 0.1) is 16.3 Å². The molecule has 1 aliphatic rings. The summed E-state index contributed by atoms with van der Waals surface area (Å²) in [5.74, 6) is 1.99. The Hall–Kier alpha value is -3.67. The minimum atomic E-state index is -0.386. The number of benzene rings is 1. The van der Waals surface area contributed by atoms with Crippen LogP contribution >= 0.6 is 11.6 Å². The Bertz CT molecular complexity index is 1220. The van der Waals surface area contributed by atoms with E-state index in [1.54, 1.807) is 23.8 Å². The van der Waals surface area contributed by atoms with E-state index >= 15 is 0 Å². The van der Waals surface area contributed by atoms with Gasteiger partial charge in [-0.1, -0.05) is 23.7 Å². The van der Waals surface area contributed by atoms with Crippen molar-refractivity contribution in [3.8, 4) is 0 Å².